The molecule has 0 aromatic heterocycles. The molecule has 36 heavy (non-hydrogen) atoms. The summed E-state index contributed by atoms with van der Waals surface area (Å²) in [5, 5.41) is 9.32. The molecule has 3 aromatic carbocycles. The molecule has 0 radical (unpaired) electrons. The van der Waals surface area contributed by atoms with Crippen LogP contribution in [0.2, 0.25) is 0 Å². The highest BCUT2D eigenvalue weighted by molar-refractivity contribution is 5.73. The molecule has 0 saturated heterocycles. The molecular weight excluding hydrogens is 450 g/mol. The molecule has 0 fully saturated rings. The van der Waals surface area contributed by atoms with Crippen LogP contribution in [0.1, 0.15) is 36.1 Å². The lowest BCUT2D eigenvalue weighted by atomic mass is 9.97. The molecule has 0 aliphatic rings. The lowest BCUT2D eigenvalue weighted by molar-refractivity contribution is 0.140. The summed E-state index contributed by atoms with van der Waals surface area (Å²) in [7, 11) is 1.57. The molecule has 0 aliphatic carbocycles. The van der Waals surface area contributed by atoms with Crippen LogP contribution in [0.15, 0.2) is 92.0 Å². The summed E-state index contributed by atoms with van der Waals surface area (Å²) in [5.41, 5.74) is 5.18. The predicted octanol–water partition coefficient (Wildman–Crippen LogP) is 7.33. The van der Waals surface area contributed by atoms with Crippen LogP contribution in [-0.4, -0.2) is 36.3 Å². The third kappa shape index (κ3) is 7.01. The van der Waals surface area contributed by atoms with Gasteiger partial charge in [0.05, 0.1) is 6.61 Å². The monoisotopic (exact) mass is 485 g/mol. The third-order valence-electron chi connectivity index (χ3n) is 5.95. The van der Waals surface area contributed by atoms with E-state index < -0.39 is 6.09 Å². The van der Waals surface area contributed by atoms with Crippen molar-refractivity contribution in [2.24, 2.45) is 0 Å². The summed E-state index contributed by atoms with van der Waals surface area (Å²) in [5.74, 6) is 1.59. The number of nitrogens with zero attached hydrogens (tertiary/aromatic N) is 1. The summed E-state index contributed by atoms with van der Waals surface area (Å²) in [6.45, 7) is 10.7. The van der Waals surface area contributed by atoms with Gasteiger partial charge >= 0.3 is 6.09 Å². The van der Waals surface area contributed by atoms with Crippen molar-refractivity contribution >= 4 is 6.09 Å². The molecule has 0 spiro atoms. The van der Waals surface area contributed by atoms with E-state index in [1.807, 2.05) is 73.7 Å². The van der Waals surface area contributed by atoms with Gasteiger partial charge in [-0.15, -0.1) is 13.2 Å². The van der Waals surface area contributed by atoms with Crippen LogP contribution in [-0.2, 0) is 12.8 Å². The van der Waals surface area contributed by atoms with Crippen molar-refractivity contribution in [2.75, 3.05) is 20.2 Å². The molecule has 1 unspecified atom stereocenters. The molecule has 188 valence electrons. The first-order valence-corrected chi connectivity index (χ1v) is 12.2. The van der Waals surface area contributed by atoms with Gasteiger partial charge in [0.15, 0.2) is 0 Å². The van der Waals surface area contributed by atoms with Crippen LogP contribution in [0, 0.1) is 0 Å². The summed E-state index contributed by atoms with van der Waals surface area (Å²) < 4.78 is 12.5. The Morgan fingerprint density at radius 3 is 2.39 bits per heavy atom. The number of ether oxygens (including phenoxy) is 2. The van der Waals surface area contributed by atoms with Gasteiger partial charge in [0, 0.05) is 25.6 Å². The van der Waals surface area contributed by atoms with Gasteiger partial charge in [-0.05, 0) is 66.3 Å². The minimum Gasteiger partial charge on any atom is -0.494 e. The van der Waals surface area contributed by atoms with Gasteiger partial charge in [-0.3, -0.25) is 0 Å². The maximum atomic E-state index is 11.4. The van der Waals surface area contributed by atoms with Crippen molar-refractivity contribution in [1.82, 2.24) is 4.90 Å². The number of carbonyl (C=O) groups is 1. The molecule has 3 rings (SSSR count). The fourth-order valence-corrected chi connectivity index (χ4v) is 4.08. The minimum absolute atomic E-state index is 0.313. The topological polar surface area (TPSA) is 59.0 Å². The zero-order valence-corrected chi connectivity index (χ0v) is 21.2. The van der Waals surface area contributed by atoms with Crippen LogP contribution < -0.4 is 9.47 Å². The predicted molar refractivity (Wildman–Crippen MR) is 146 cm³/mol. The van der Waals surface area contributed by atoms with E-state index in [4.69, 9.17) is 9.47 Å². The zero-order valence-electron chi connectivity index (χ0n) is 21.2. The first-order valence-electron chi connectivity index (χ1n) is 12.2. The summed E-state index contributed by atoms with van der Waals surface area (Å²) in [6.07, 6.45) is 4.45. The van der Waals surface area contributed by atoms with E-state index in [0.717, 1.165) is 45.7 Å². The molecule has 5 heteroatoms. The molecular formula is C31H35NO4. The maximum Gasteiger partial charge on any atom is 0.407 e. The highest BCUT2D eigenvalue weighted by Gasteiger charge is 2.19. The van der Waals surface area contributed by atoms with Crippen molar-refractivity contribution in [3.63, 3.8) is 0 Å². The van der Waals surface area contributed by atoms with E-state index in [0.29, 0.717) is 26.0 Å². The van der Waals surface area contributed by atoms with E-state index >= 15 is 0 Å². The molecule has 0 saturated carbocycles. The van der Waals surface area contributed by atoms with Crippen LogP contribution in [0.3, 0.4) is 0 Å². The fraction of sp³-hybridized carbons (Fsp3) is 0.258. The first-order chi connectivity index (χ1) is 17.5. The molecule has 1 N–H and O–H groups in total. The number of allylic oxidation sites excluding steroid dienone is 2. The molecule has 0 bridgehead atoms. The third-order valence-corrected chi connectivity index (χ3v) is 5.95. The average Bonchev–Trinajstić information content (AvgIpc) is 2.89. The van der Waals surface area contributed by atoms with Gasteiger partial charge in [-0.25, -0.2) is 4.79 Å². The van der Waals surface area contributed by atoms with Crippen LogP contribution in [0.5, 0.6) is 11.5 Å². The highest BCUT2D eigenvalue weighted by atomic mass is 16.5. The smallest absolute Gasteiger partial charge is 0.407 e. The normalized spacial score (nSPS) is 11.4. The average molecular weight is 486 g/mol. The van der Waals surface area contributed by atoms with Crippen molar-refractivity contribution < 1.29 is 19.4 Å². The Kier molecular flexibility index (Phi) is 9.75. The van der Waals surface area contributed by atoms with Crippen LogP contribution >= 0.6 is 0 Å². The summed E-state index contributed by atoms with van der Waals surface area (Å²) >= 11 is 0. The molecule has 1 amide bonds. The van der Waals surface area contributed by atoms with Crippen LogP contribution in [0.25, 0.3) is 11.1 Å². The molecule has 3 aromatic rings. The molecule has 0 heterocycles. The number of rotatable bonds is 13. The SMILES string of the molecule is C=CCc1ccc(OC(CCN(C)C(=O)O)c2ccccc2)c(-c2ccc(OCC)c(CC=C)c2)c1. The first kappa shape index (κ1) is 26.6. The minimum atomic E-state index is -0.958. The van der Waals surface area contributed by atoms with Gasteiger partial charge in [-0.1, -0.05) is 54.6 Å². The number of benzene rings is 3. The summed E-state index contributed by atoms with van der Waals surface area (Å²) in [4.78, 5) is 12.6. The molecule has 1 atom stereocenters. The highest BCUT2D eigenvalue weighted by Crippen LogP contribution is 2.37. The lowest BCUT2D eigenvalue weighted by Crippen LogP contribution is -2.27. The second kappa shape index (κ2) is 13.2. The second-order valence-electron chi connectivity index (χ2n) is 8.58. The van der Waals surface area contributed by atoms with E-state index in [2.05, 4.69) is 25.3 Å². The number of amides is 1. The van der Waals surface area contributed by atoms with Gasteiger partial charge < -0.3 is 19.5 Å². The van der Waals surface area contributed by atoms with Crippen molar-refractivity contribution in [1.29, 1.82) is 0 Å². The Morgan fingerprint density at radius 1 is 1.00 bits per heavy atom. The van der Waals surface area contributed by atoms with Crippen molar-refractivity contribution in [3.8, 4) is 22.6 Å². The number of hydrogen-bond donors (Lipinski definition) is 1. The van der Waals surface area contributed by atoms with E-state index in [1.54, 1.807) is 7.05 Å². The van der Waals surface area contributed by atoms with Gasteiger partial charge in [0.2, 0.25) is 0 Å². The van der Waals surface area contributed by atoms with E-state index in [-0.39, 0.29) is 6.10 Å². The van der Waals surface area contributed by atoms with E-state index in [9.17, 15) is 9.90 Å². The van der Waals surface area contributed by atoms with Gasteiger partial charge in [0.1, 0.15) is 17.6 Å². The Labute approximate surface area is 214 Å². The zero-order chi connectivity index (χ0) is 25.9. The number of hydrogen-bond acceptors (Lipinski definition) is 3. The van der Waals surface area contributed by atoms with Gasteiger partial charge in [0.25, 0.3) is 0 Å². The Morgan fingerprint density at radius 2 is 1.72 bits per heavy atom. The van der Waals surface area contributed by atoms with Crippen molar-refractivity contribution in [3.05, 3.63) is 109 Å². The summed E-state index contributed by atoms with van der Waals surface area (Å²) in [6, 6.07) is 22.3. The Balaban J connectivity index is 2.04. The standard InChI is InChI=1S/C31H35NO4/c1-5-11-23-15-17-30(27(21-23)25-16-18-28(35-7-3)26(22-25)12-6-2)36-29(19-20-32(4)31(33)34)24-13-9-8-10-14-24/h5-6,8-10,13-18,21-22,29H,1-2,7,11-12,19-20H2,3-4H3,(H,33,34). The fourth-order valence-electron chi connectivity index (χ4n) is 4.08. The van der Waals surface area contributed by atoms with E-state index in [1.165, 1.54) is 4.90 Å². The maximum absolute atomic E-state index is 11.4. The van der Waals surface area contributed by atoms with Crippen molar-refractivity contribution in [2.45, 2.75) is 32.3 Å². The Hall–Kier alpha value is -3.99. The number of carboxylic acid groups (broad SMARTS) is 1. The quantitative estimate of drug-likeness (QED) is 0.258. The lowest BCUT2D eigenvalue weighted by Gasteiger charge is -2.24. The molecule has 5 nitrogen and oxygen atoms in total. The second-order valence-corrected chi connectivity index (χ2v) is 8.58. The Bertz CT molecular complexity index is 1170. The van der Waals surface area contributed by atoms with Crippen LogP contribution in [0.4, 0.5) is 4.79 Å². The van der Waals surface area contributed by atoms with Gasteiger partial charge in [-0.2, -0.15) is 0 Å². The largest absolute Gasteiger partial charge is 0.494 e. The molecule has 0 aliphatic heterocycles.